The van der Waals surface area contributed by atoms with Crippen LogP contribution in [0.1, 0.15) is 21.5 Å². The van der Waals surface area contributed by atoms with Crippen molar-refractivity contribution in [2.45, 2.75) is 13.8 Å². The Kier molecular flexibility index (Phi) is 4.84. The van der Waals surface area contributed by atoms with E-state index in [9.17, 15) is 9.18 Å². The van der Waals surface area contributed by atoms with Gasteiger partial charge in [0.15, 0.2) is 0 Å². The summed E-state index contributed by atoms with van der Waals surface area (Å²) in [6, 6.07) is 16.0. The van der Waals surface area contributed by atoms with E-state index in [1.165, 1.54) is 13.0 Å². The van der Waals surface area contributed by atoms with Crippen LogP contribution in [0.25, 0.3) is 0 Å². The van der Waals surface area contributed by atoms with Gasteiger partial charge in [0.25, 0.3) is 5.91 Å². The number of carbonyl (C=O) groups excluding carboxylic acids is 1. The van der Waals surface area contributed by atoms with Crippen molar-refractivity contribution < 1.29 is 13.9 Å². The van der Waals surface area contributed by atoms with E-state index in [0.29, 0.717) is 11.4 Å². The minimum atomic E-state index is -0.684. The predicted octanol–water partition coefficient (Wildman–Crippen LogP) is 4.46. The zero-order valence-electron chi connectivity index (χ0n) is 14.4. The van der Waals surface area contributed by atoms with Gasteiger partial charge in [-0.05, 0) is 55.8 Å². The Morgan fingerprint density at radius 3 is 2.46 bits per heavy atom. The molecule has 0 spiro atoms. The molecule has 0 saturated heterocycles. The van der Waals surface area contributed by atoms with Crippen LogP contribution in [0.15, 0.2) is 54.6 Å². The Balaban J connectivity index is 1.72. The lowest BCUT2D eigenvalue weighted by molar-refractivity contribution is 0.102. The van der Waals surface area contributed by atoms with E-state index in [4.69, 9.17) is 10.5 Å². The van der Waals surface area contributed by atoms with Crippen LogP contribution in [0.2, 0.25) is 0 Å². The number of benzene rings is 2. The smallest absolute Gasteiger partial charge is 0.259 e. The second-order valence-electron chi connectivity index (χ2n) is 5.87. The third kappa shape index (κ3) is 3.80. The van der Waals surface area contributed by atoms with Gasteiger partial charge in [0.05, 0.1) is 5.56 Å². The molecular weight excluding hydrogens is 333 g/mol. The second-order valence-corrected chi connectivity index (χ2v) is 5.87. The Morgan fingerprint density at radius 2 is 1.77 bits per heavy atom. The zero-order chi connectivity index (χ0) is 18.7. The maximum atomic E-state index is 13.4. The summed E-state index contributed by atoms with van der Waals surface area (Å²) in [6.07, 6.45) is 0. The highest BCUT2D eigenvalue weighted by Gasteiger charge is 2.14. The first-order valence-electron chi connectivity index (χ1n) is 8.01. The van der Waals surface area contributed by atoms with E-state index in [-0.39, 0.29) is 16.9 Å². The number of aryl methyl sites for hydroxylation is 2. The number of amides is 1. The summed E-state index contributed by atoms with van der Waals surface area (Å²) in [6.45, 7) is 3.49. The molecule has 1 aromatic heterocycles. The number of nitrogens with one attached hydrogen (secondary N) is 1. The first-order valence-corrected chi connectivity index (χ1v) is 8.01. The number of hydrogen-bond donors (Lipinski definition) is 2. The number of nitrogens with two attached hydrogens (primary N) is 1. The number of halogens is 1. The number of para-hydroxylation sites is 1. The van der Waals surface area contributed by atoms with Crippen molar-refractivity contribution in [3.8, 4) is 11.5 Å². The number of rotatable bonds is 4. The number of nitrogen functional groups attached to an aromatic ring is 1. The lowest BCUT2D eigenvalue weighted by Gasteiger charge is -2.10. The van der Waals surface area contributed by atoms with Crippen molar-refractivity contribution in [3.63, 3.8) is 0 Å². The summed E-state index contributed by atoms with van der Waals surface area (Å²) in [4.78, 5) is 15.9. The standard InChI is InChI=1S/C20H18FN3O2/c1-12-5-3-4-6-17(12)26-15-9-7-14(8-10-15)23-20(25)16-11-13(2)18(21)24-19(16)22/h3-11H,1-2H3,(H2,22,24)(H,23,25). The first kappa shape index (κ1) is 17.4. The van der Waals surface area contributed by atoms with Crippen LogP contribution < -0.4 is 15.8 Å². The fourth-order valence-electron chi connectivity index (χ4n) is 2.39. The lowest BCUT2D eigenvalue weighted by Crippen LogP contribution is -2.16. The van der Waals surface area contributed by atoms with Crippen molar-refractivity contribution in [3.05, 3.63) is 77.2 Å². The van der Waals surface area contributed by atoms with Gasteiger partial charge >= 0.3 is 0 Å². The summed E-state index contributed by atoms with van der Waals surface area (Å²) in [5, 5.41) is 2.71. The molecule has 1 amide bonds. The maximum Gasteiger partial charge on any atom is 0.259 e. The van der Waals surface area contributed by atoms with E-state index in [1.807, 2.05) is 31.2 Å². The van der Waals surface area contributed by atoms with Crippen LogP contribution in [0.5, 0.6) is 11.5 Å². The highest BCUT2D eigenvalue weighted by molar-refractivity contribution is 6.07. The number of ether oxygens (including phenoxy) is 1. The van der Waals surface area contributed by atoms with Crippen molar-refractivity contribution in [2.75, 3.05) is 11.1 Å². The van der Waals surface area contributed by atoms with E-state index in [0.717, 1.165) is 11.3 Å². The van der Waals surface area contributed by atoms with Crippen molar-refractivity contribution in [2.24, 2.45) is 0 Å². The number of hydrogen-bond acceptors (Lipinski definition) is 4. The maximum absolute atomic E-state index is 13.4. The lowest BCUT2D eigenvalue weighted by atomic mass is 10.1. The molecule has 3 aromatic rings. The number of nitrogens with zero attached hydrogens (tertiary/aromatic N) is 1. The van der Waals surface area contributed by atoms with Gasteiger partial charge in [-0.25, -0.2) is 4.98 Å². The molecule has 0 aliphatic heterocycles. The molecule has 0 atom stereocenters. The van der Waals surface area contributed by atoms with E-state index in [1.54, 1.807) is 24.3 Å². The molecule has 0 bridgehead atoms. The van der Waals surface area contributed by atoms with Crippen LogP contribution in [-0.2, 0) is 0 Å². The number of carbonyl (C=O) groups is 1. The molecule has 3 rings (SSSR count). The topological polar surface area (TPSA) is 77.2 Å². The summed E-state index contributed by atoms with van der Waals surface area (Å²) < 4.78 is 19.2. The Bertz CT molecular complexity index is 956. The van der Waals surface area contributed by atoms with Crippen LogP contribution in [-0.4, -0.2) is 10.9 Å². The normalized spacial score (nSPS) is 10.4. The van der Waals surface area contributed by atoms with Gasteiger partial charge in [-0.1, -0.05) is 18.2 Å². The van der Waals surface area contributed by atoms with Gasteiger partial charge in [0.2, 0.25) is 5.95 Å². The van der Waals surface area contributed by atoms with Gasteiger partial charge in [0, 0.05) is 11.3 Å². The van der Waals surface area contributed by atoms with Crippen LogP contribution in [0, 0.1) is 19.8 Å². The molecule has 0 aliphatic carbocycles. The minimum Gasteiger partial charge on any atom is -0.457 e. The van der Waals surface area contributed by atoms with Gasteiger partial charge < -0.3 is 15.8 Å². The Labute approximate surface area is 150 Å². The summed E-state index contributed by atoms with van der Waals surface area (Å²) in [5.41, 5.74) is 7.61. The Morgan fingerprint density at radius 1 is 1.08 bits per heavy atom. The third-order valence-electron chi connectivity index (χ3n) is 3.86. The molecule has 0 fully saturated rings. The highest BCUT2D eigenvalue weighted by Crippen LogP contribution is 2.26. The molecule has 1 heterocycles. The molecule has 0 radical (unpaired) electrons. The van der Waals surface area contributed by atoms with Gasteiger partial charge in [-0.15, -0.1) is 0 Å². The summed E-state index contributed by atoms with van der Waals surface area (Å²) in [7, 11) is 0. The van der Waals surface area contributed by atoms with E-state index in [2.05, 4.69) is 10.3 Å². The molecule has 0 saturated carbocycles. The molecule has 26 heavy (non-hydrogen) atoms. The number of aromatic nitrogens is 1. The largest absolute Gasteiger partial charge is 0.457 e. The molecular formula is C20H18FN3O2. The van der Waals surface area contributed by atoms with Crippen LogP contribution in [0.4, 0.5) is 15.9 Å². The SMILES string of the molecule is Cc1ccccc1Oc1ccc(NC(=O)c2cc(C)c(F)nc2N)cc1. The molecule has 0 unspecified atom stereocenters. The fraction of sp³-hybridized carbons (Fsp3) is 0.100. The Hall–Kier alpha value is -3.41. The van der Waals surface area contributed by atoms with Crippen LogP contribution >= 0.6 is 0 Å². The average Bonchev–Trinajstić information content (AvgIpc) is 2.61. The molecule has 132 valence electrons. The van der Waals surface area contributed by atoms with E-state index < -0.39 is 11.9 Å². The van der Waals surface area contributed by atoms with Crippen molar-refractivity contribution in [1.82, 2.24) is 4.98 Å². The third-order valence-corrected chi connectivity index (χ3v) is 3.86. The first-order chi connectivity index (χ1) is 12.4. The molecule has 5 nitrogen and oxygen atoms in total. The molecule has 2 aromatic carbocycles. The molecule has 6 heteroatoms. The fourth-order valence-corrected chi connectivity index (χ4v) is 2.39. The van der Waals surface area contributed by atoms with Gasteiger partial charge in [0.1, 0.15) is 17.3 Å². The van der Waals surface area contributed by atoms with Crippen molar-refractivity contribution in [1.29, 1.82) is 0 Å². The summed E-state index contributed by atoms with van der Waals surface area (Å²) >= 11 is 0. The molecule has 3 N–H and O–H groups in total. The number of pyridine rings is 1. The van der Waals surface area contributed by atoms with Crippen molar-refractivity contribution >= 4 is 17.4 Å². The highest BCUT2D eigenvalue weighted by atomic mass is 19.1. The van der Waals surface area contributed by atoms with E-state index >= 15 is 0 Å². The predicted molar refractivity (Wildman–Crippen MR) is 99.0 cm³/mol. The second kappa shape index (κ2) is 7.23. The monoisotopic (exact) mass is 351 g/mol. The summed E-state index contributed by atoms with van der Waals surface area (Å²) in [5.74, 6) is 0.133. The van der Waals surface area contributed by atoms with Gasteiger partial charge in [-0.3, -0.25) is 4.79 Å². The van der Waals surface area contributed by atoms with Gasteiger partial charge in [-0.2, -0.15) is 4.39 Å². The quantitative estimate of drug-likeness (QED) is 0.680. The van der Waals surface area contributed by atoms with Crippen LogP contribution in [0.3, 0.4) is 0 Å². The average molecular weight is 351 g/mol. The minimum absolute atomic E-state index is 0.129. The number of anilines is 2. The zero-order valence-corrected chi connectivity index (χ0v) is 14.4. The molecule has 0 aliphatic rings.